The molecule has 74 valence electrons. The average molecular weight is 174 g/mol. The van der Waals surface area contributed by atoms with E-state index in [1.165, 1.54) is 6.42 Å². The SMILES string of the molecule is COCCN(C)CCCN(C)C. The van der Waals surface area contributed by atoms with E-state index in [9.17, 15) is 0 Å². The summed E-state index contributed by atoms with van der Waals surface area (Å²) in [6.07, 6.45) is 1.23. The maximum absolute atomic E-state index is 4.99. The van der Waals surface area contributed by atoms with Crippen LogP contribution in [0.1, 0.15) is 6.42 Å². The average Bonchev–Trinajstić information content (AvgIpc) is 2.00. The molecule has 0 spiro atoms. The minimum absolute atomic E-state index is 0.832. The van der Waals surface area contributed by atoms with Crippen LogP contribution in [0.3, 0.4) is 0 Å². The molecule has 0 aliphatic carbocycles. The lowest BCUT2D eigenvalue weighted by molar-refractivity contribution is 0.159. The third kappa shape index (κ3) is 7.98. The summed E-state index contributed by atoms with van der Waals surface area (Å²) in [6, 6.07) is 0. The van der Waals surface area contributed by atoms with Crippen LogP contribution in [0, 0.1) is 0 Å². The third-order valence-electron chi connectivity index (χ3n) is 1.82. The number of hydrogen-bond acceptors (Lipinski definition) is 3. The van der Waals surface area contributed by atoms with Crippen molar-refractivity contribution in [2.75, 3.05) is 54.5 Å². The van der Waals surface area contributed by atoms with Crippen LogP contribution in [-0.2, 0) is 4.74 Å². The zero-order chi connectivity index (χ0) is 9.40. The molecule has 0 aliphatic rings. The number of likely N-dealkylation sites (N-methyl/N-ethyl adjacent to an activating group) is 1. The summed E-state index contributed by atoms with van der Waals surface area (Å²) in [5.41, 5.74) is 0. The molecule has 0 atom stereocenters. The lowest BCUT2D eigenvalue weighted by Gasteiger charge is -2.17. The molecule has 3 heteroatoms. The van der Waals surface area contributed by atoms with Gasteiger partial charge in [0.05, 0.1) is 6.61 Å². The van der Waals surface area contributed by atoms with Crippen LogP contribution in [0.15, 0.2) is 0 Å². The molecule has 0 fully saturated rings. The Bertz CT molecular complexity index is 96.5. The van der Waals surface area contributed by atoms with Gasteiger partial charge >= 0.3 is 0 Å². The number of hydrogen-bond donors (Lipinski definition) is 0. The maximum Gasteiger partial charge on any atom is 0.0589 e. The molecule has 0 saturated carbocycles. The lowest BCUT2D eigenvalue weighted by Crippen LogP contribution is -2.26. The number of nitrogens with zero attached hydrogens (tertiary/aromatic N) is 2. The Hall–Kier alpha value is -0.120. The molecule has 0 N–H and O–H groups in total. The van der Waals surface area contributed by atoms with E-state index >= 15 is 0 Å². The first-order valence-corrected chi connectivity index (χ1v) is 4.49. The Morgan fingerprint density at radius 3 is 2.17 bits per heavy atom. The van der Waals surface area contributed by atoms with E-state index in [4.69, 9.17) is 4.74 Å². The van der Waals surface area contributed by atoms with Gasteiger partial charge in [0.2, 0.25) is 0 Å². The van der Waals surface area contributed by atoms with Crippen LogP contribution in [0.25, 0.3) is 0 Å². The fourth-order valence-corrected chi connectivity index (χ4v) is 1.02. The summed E-state index contributed by atoms with van der Waals surface area (Å²) < 4.78 is 4.99. The molecule has 0 amide bonds. The first-order chi connectivity index (χ1) is 5.66. The van der Waals surface area contributed by atoms with Crippen molar-refractivity contribution in [3.63, 3.8) is 0 Å². The van der Waals surface area contributed by atoms with E-state index in [1.807, 2.05) is 0 Å². The van der Waals surface area contributed by atoms with Gasteiger partial charge in [-0.15, -0.1) is 0 Å². The van der Waals surface area contributed by atoms with Crippen LogP contribution in [0.5, 0.6) is 0 Å². The van der Waals surface area contributed by atoms with E-state index in [0.29, 0.717) is 0 Å². The monoisotopic (exact) mass is 174 g/mol. The van der Waals surface area contributed by atoms with Gasteiger partial charge in [-0.2, -0.15) is 0 Å². The van der Waals surface area contributed by atoms with E-state index < -0.39 is 0 Å². The van der Waals surface area contributed by atoms with Crippen molar-refractivity contribution in [2.45, 2.75) is 6.42 Å². The van der Waals surface area contributed by atoms with Gasteiger partial charge in [0.25, 0.3) is 0 Å². The summed E-state index contributed by atoms with van der Waals surface area (Å²) >= 11 is 0. The zero-order valence-corrected chi connectivity index (χ0v) is 8.84. The van der Waals surface area contributed by atoms with Crippen molar-refractivity contribution < 1.29 is 4.74 Å². The maximum atomic E-state index is 4.99. The van der Waals surface area contributed by atoms with E-state index in [2.05, 4.69) is 30.9 Å². The third-order valence-corrected chi connectivity index (χ3v) is 1.82. The highest BCUT2D eigenvalue weighted by molar-refractivity contribution is 4.52. The summed E-state index contributed by atoms with van der Waals surface area (Å²) in [5.74, 6) is 0. The Morgan fingerprint density at radius 1 is 1.00 bits per heavy atom. The summed E-state index contributed by atoms with van der Waals surface area (Å²) in [6.45, 7) is 4.18. The van der Waals surface area contributed by atoms with Gasteiger partial charge < -0.3 is 14.5 Å². The Kier molecular flexibility index (Phi) is 7.45. The van der Waals surface area contributed by atoms with Gasteiger partial charge in [-0.25, -0.2) is 0 Å². The van der Waals surface area contributed by atoms with Crippen molar-refractivity contribution in [2.24, 2.45) is 0 Å². The molecule has 0 aromatic heterocycles. The molecule has 0 unspecified atom stereocenters. The van der Waals surface area contributed by atoms with E-state index in [0.717, 1.165) is 26.2 Å². The first kappa shape index (κ1) is 11.9. The van der Waals surface area contributed by atoms with Crippen molar-refractivity contribution in [3.8, 4) is 0 Å². The Morgan fingerprint density at radius 2 is 1.67 bits per heavy atom. The fourth-order valence-electron chi connectivity index (χ4n) is 1.02. The van der Waals surface area contributed by atoms with Crippen molar-refractivity contribution in [1.29, 1.82) is 0 Å². The minimum atomic E-state index is 0.832. The van der Waals surface area contributed by atoms with Crippen LogP contribution in [0.4, 0.5) is 0 Å². The summed E-state index contributed by atoms with van der Waals surface area (Å²) in [4.78, 5) is 4.51. The molecule has 0 rings (SSSR count). The van der Waals surface area contributed by atoms with Crippen molar-refractivity contribution in [3.05, 3.63) is 0 Å². The molecule has 12 heavy (non-hydrogen) atoms. The Balaban J connectivity index is 3.13. The van der Waals surface area contributed by atoms with Gasteiger partial charge in [0, 0.05) is 13.7 Å². The van der Waals surface area contributed by atoms with E-state index in [-0.39, 0.29) is 0 Å². The topological polar surface area (TPSA) is 15.7 Å². The van der Waals surface area contributed by atoms with Gasteiger partial charge in [-0.3, -0.25) is 0 Å². The summed E-state index contributed by atoms with van der Waals surface area (Å²) in [7, 11) is 8.09. The number of rotatable bonds is 7. The fraction of sp³-hybridized carbons (Fsp3) is 1.00. The Labute approximate surface area is 76.3 Å². The van der Waals surface area contributed by atoms with Gasteiger partial charge in [0.1, 0.15) is 0 Å². The predicted octanol–water partition coefficient (Wildman–Crippen LogP) is 0.516. The smallest absolute Gasteiger partial charge is 0.0589 e. The van der Waals surface area contributed by atoms with Crippen LogP contribution >= 0.6 is 0 Å². The minimum Gasteiger partial charge on any atom is -0.383 e. The second-order valence-electron chi connectivity index (χ2n) is 3.45. The molecule has 0 aromatic rings. The molecule has 0 heterocycles. The zero-order valence-electron chi connectivity index (χ0n) is 8.84. The lowest BCUT2D eigenvalue weighted by atomic mass is 10.4. The molecule has 0 aliphatic heterocycles. The predicted molar refractivity (Wildman–Crippen MR) is 52.5 cm³/mol. The standard InChI is InChI=1S/C9H22N2O/c1-10(2)6-5-7-11(3)8-9-12-4/h5-9H2,1-4H3. The van der Waals surface area contributed by atoms with E-state index in [1.54, 1.807) is 7.11 Å². The van der Waals surface area contributed by atoms with Gasteiger partial charge in [-0.1, -0.05) is 0 Å². The molecular formula is C9H22N2O. The van der Waals surface area contributed by atoms with Crippen LogP contribution in [-0.4, -0.2) is 64.3 Å². The second-order valence-corrected chi connectivity index (χ2v) is 3.45. The number of ether oxygens (including phenoxy) is 1. The molecule has 0 radical (unpaired) electrons. The highest BCUT2D eigenvalue weighted by Crippen LogP contribution is 1.88. The van der Waals surface area contributed by atoms with Gasteiger partial charge in [-0.05, 0) is 40.7 Å². The quantitative estimate of drug-likeness (QED) is 0.559. The summed E-state index contributed by atoms with van der Waals surface area (Å²) in [5, 5.41) is 0. The molecule has 0 saturated heterocycles. The van der Waals surface area contributed by atoms with Crippen LogP contribution < -0.4 is 0 Å². The molecular weight excluding hydrogens is 152 g/mol. The van der Waals surface area contributed by atoms with Crippen LogP contribution in [0.2, 0.25) is 0 Å². The second kappa shape index (κ2) is 7.53. The molecule has 3 nitrogen and oxygen atoms in total. The molecule has 0 bridgehead atoms. The largest absolute Gasteiger partial charge is 0.383 e. The molecule has 0 aromatic carbocycles. The highest BCUT2D eigenvalue weighted by atomic mass is 16.5. The first-order valence-electron chi connectivity index (χ1n) is 4.49. The van der Waals surface area contributed by atoms with Crippen molar-refractivity contribution >= 4 is 0 Å². The normalized spacial score (nSPS) is 11.5. The van der Waals surface area contributed by atoms with Crippen molar-refractivity contribution in [1.82, 2.24) is 9.80 Å². The highest BCUT2D eigenvalue weighted by Gasteiger charge is 1.97. The van der Waals surface area contributed by atoms with Gasteiger partial charge in [0.15, 0.2) is 0 Å². The number of methoxy groups -OCH3 is 1.